The van der Waals surface area contributed by atoms with Gasteiger partial charge in [0.2, 0.25) is 0 Å². The number of alkyl halides is 3. The van der Waals surface area contributed by atoms with Crippen molar-refractivity contribution in [3.63, 3.8) is 0 Å². The van der Waals surface area contributed by atoms with Crippen molar-refractivity contribution in [3.8, 4) is 0 Å². The lowest BCUT2D eigenvalue weighted by molar-refractivity contribution is -0.177. The summed E-state index contributed by atoms with van der Waals surface area (Å²) in [6.45, 7) is 0.901. The second-order valence-electron chi connectivity index (χ2n) is 3.32. The Hall–Kier alpha value is -0.290. The van der Waals surface area contributed by atoms with Crippen molar-refractivity contribution in [1.82, 2.24) is 5.32 Å². The van der Waals surface area contributed by atoms with E-state index in [4.69, 9.17) is 0 Å². The zero-order valence-electron chi connectivity index (χ0n) is 7.36. The van der Waals surface area contributed by atoms with Gasteiger partial charge < -0.3 is 10.1 Å². The van der Waals surface area contributed by atoms with Crippen LogP contribution in [-0.2, 0) is 4.74 Å². The summed E-state index contributed by atoms with van der Waals surface area (Å²) in [6.07, 6.45) is -2.36. The highest BCUT2D eigenvalue weighted by Gasteiger charge is 2.28. The van der Waals surface area contributed by atoms with Gasteiger partial charge in [-0.1, -0.05) is 0 Å². The molecule has 5 heteroatoms. The van der Waals surface area contributed by atoms with Gasteiger partial charge in [-0.15, -0.1) is 0 Å². The Kier molecular flexibility index (Phi) is 3.99. The van der Waals surface area contributed by atoms with Gasteiger partial charge in [0.05, 0.1) is 0 Å². The van der Waals surface area contributed by atoms with Gasteiger partial charge in [-0.2, -0.15) is 13.2 Å². The molecule has 78 valence electrons. The minimum atomic E-state index is -4.19. The van der Waals surface area contributed by atoms with E-state index in [0.29, 0.717) is 5.92 Å². The predicted octanol–water partition coefficient (Wildman–Crippen LogP) is 1.56. The van der Waals surface area contributed by atoms with Crippen LogP contribution in [0.25, 0.3) is 0 Å². The zero-order valence-corrected chi connectivity index (χ0v) is 7.36. The summed E-state index contributed by atoms with van der Waals surface area (Å²) in [5.41, 5.74) is 0. The number of ether oxygens (including phenoxy) is 1. The van der Waals surface area contributed by atoms with E-state index >= 15 is 0 Å². The number of piperidine rings is 1. The Morgan fingerprint density at radius 1 is 1.23 bits per heavy atom. The van der Waals surface area contributed by atoms with Crippen LogP contribution in [0.5, 0.6) is 0 Å². The average molecular weight is 197 g/mol. The first-order valence-electron chi connectivity index (χ1n) is 4.43. The highest BCUT2D eigenvalue weighted by Crippen LogP contribution is 2.17. The molecule has 0 radical (unpaired) electrons. The van der Waals surface area contributed by atoms with Crippen molar-refractivity contribution in [1.29, 1.82) is 0 Å². The van der Waals surface area contributed by atoms with Gasteiger partial charge in [0.1, 0.15) is 6.61 Å². The first kappa shape index (κ1) is 10.8. The SMILES string of the molecule is FC(F)(F)COCC1CCNCC1. The molecule has 1 N–H and O–H groups in total. The van der Waals surface area contributed by atoms with Gasteiger partial charge >= 0.3 is 6.18 Å². The van der Waals surface area contributed by atoms with Gasteiger partial charge in [0, 0.05) is 6.61 Å². The van der Waals surface area contributed by atoms with Gasteiger partial charge in [-0.05, 0) is 31.8 Å². The summed E-state index contributed by atoms with van der Waals surface area (Å²) in [5, 5.41) is 3.14. The fourth-order valence-corrected chi connectivity index (χ4v) is 1.39. The molecule has 1 aliphatic rings. The van der Waals surface area contributed by atoms with Crippen molar-refractivity contribution in [2.45, 2.75) is 19.0 Å². The third kappa shape index (κ3) is 5.10. The molecule has 0 bridgehead atoms. The second kappa shape index (κ2) is 4.81. The molecule has 1 fully saturated rings. The van der Waals surface area contributed by atoms with Crippen molar-refractivity contribution < 1.29 is 17.9 Å². The van der Waals surface area contributed by atoms with Crippen molar-refractivity contribution in [2.24, 2.45) is 5.92 Å². The van der Waals surface area contributed by atoms with Gasteiger partial charge in [0.15, 0.2) is 0 Å². The summed E-state index contributed by atoms with van der Waals surface area (Å²) < 4.78 is 39.6. The molecule has 0 aliphatic carbocycles. The molecule has 0 aromatic heterocycles. The summed E-state index contributed by atoms with van der Waals surface area (Å²) >= 11 is 0. The van der Waals surface area contributed by atoms with Gasteiger partial charge in [-0.25, -0.2) is 0 Å². The molecule has 0 unspecified atom stereocenters. The van der Waals surface area contributed by atoms with Crippen LogP contribution < -0.4 is 5.32 Å². The molecule has 0 saturated carbocycles. The molecular weight excluding hydrogens is 183 g/mol. The molecule has 0 atom stereocenters. The van der Waals surface area contributed by atoms with Crippen molar-refractivity contribution in [3.05, 3.63) is 0 Å². The Bertz CT molecular complexity index is 143. The van der Waals surface area contributed by atoms with Crippen LogP contribution in [0.3, 0.4) is 0 Å². The summed E-state index contributed by atoms with van der Waals surface area (Å²) in [4.78, 5) is 0. The van der Waals surface area contributed by atoms with E-state index in [1.165, 1.54) is 0 Å². The topological polar surface area (TPSA) is 21.3 Å². The summed E-state index contributed by atoms with van der Waals surface area (Å²) in [7, 11) is 0. The van der Waals surface area contributed by atoms with Gasteiger partial charge in [0.25, 0.3) is 0 Å². The monoisotopic (exact) mass is 197 g/mol. The van der Waals surface area contributed by atoms with Crippen LogP contribution in [-0.4, -0.2) is 32.5 Å². The molecule has 0 aromatic rings. The molecule has 2 nitrogen and oxygen atoms in total. The number of nitrogens with one attached hydrogen (secondary N) is 1. The van der Waals surface area contributed by atoms with E-state index in [2.05, 4.69) is 10.1 Å². The normalized spacial score (nSPS) is 20.5. The van der Waals surface area contributed by atoms with E-state index < -0.39 is 12.8 Å². The number of rotatable bonds is 3. The van der Waals surface area contributed by atoms with Crippen LogP contribution in [0.1, 0.15) is 12.8 Å². The lowest BCUT2D eigenvalue weighted by Crippen LogP contribution is -2.31. The maximum Gasteiger partial charge on any atom is 0.411 e. The molecule has 1 saturated heterocycles. The minimum absolute atomic E-state index is 0.237. The molecule has 1 aliphatic heterocycles. The zero-order chi connectivity index (χ0) is 9.73. The van der Waals surface area contributed by atoms with Crippen LogP contribution in [0.2, 0.25) is 0 Å². The third-order valence-corrected chi connectivity index (χ3v) is 2.08. The number of hydrogen-bond acceptors (Lipinski definition) is 2. The maximum atomic E-state index is 11.7. The Labute approximate surface area is 75.4 Å². The maximum absolute atomic E-state index is 11.7. The Balaban J connectivity index is 2.04. The van der Waals surface area contributed by atoms with Crippen molar-refractivity contribution >= 4 is 0 Å². The van der Waals surface area contributed by atoms with Crippen LogP contribution in [0.15, 0.2) is 0 Å². The molecular formula is C8H14F3NO. The van der Waals surface area contributed by atoms with E-state index in [0.717, 1.165) is 25.9 Å². The molecule has 0 amide bonds. The molecule has 0 aromatic carbocycles. The molecule has 1 rings (SSSR count). The molecule has 13 heavy (non-hydrogen) atoms. The molecule has 1 heterocycles. The van der Waals surface area contributed by atoms with Crippen LogP contribution in [0.4, 0.5) is 13.2 Å². The first-order valence-corrected chi connectivity index (χ1v) is 4.43. The highest BCUT2D eigenvalue weighted by atomic mass is 19.4. The van der Waals surface area contributed by atoms with Gasteiger partial charge in [-0.3, -0.25) is 0 Å². The second-order valence-corrected chi connectivity index (χ2v) is 3.32. The average Bonchev–Trinajstić information content (AvgIpc) is 2.04. The highest BCUT2D eigenvalue weighted by molar-refractivity contribution is 4.67. The first-order chi connectivity index (χ1) is 6.08. The number of halogens is 3. The Morgan fingerprint density at radius 3 is 2.38 bits per heavy atom. The largest absolute Gasteiger partial charge is 0.411 e. The molecule has 0 spiro atoms. The lowest BCUT2D eigenvalue weighted by Gasteiger charge is -2.22. The smallest absolute Gasteiger partial charge is 0.372 e. The predicted molar refractivity (Wildman–Crippen MR) is 42.5 cm³/mol. The number of hydrogen-bond donors (Lipinski definition) is 1. The third-order valence-electron chi connectivity index (χ3n) is 2.08. The Morgan fingerprint density at radius 2 is 1.85 bits per heavy atom. The summed E-state index contributed by atoms with van der Waals surface area (Å²) in [6, 6.07) is 0. The van der Waals surface area contributed by atoms with Crippen molar-refractivity contribution in [2.75, 3.05) is 26.3 Å². The fraction of sp³-hybridized carbons (Fsp3) is 1.00. The fourth-order valence-electron chi connectivity index (χ4n) is 1.39. The van der Waals surface area contributed by atoms with E-state index in [-0.39, 0.29) is 6.61 Å². The standard InChI is InChI=1S/C8H14F3NO/c9-8(10,11)6-13-5-7-1-3-12-4-2-7/h7,12H,1-6H2. The van der Waals surface area contributed by atoms with Crippen LogP contribution >= 0.6 is 0 Å². The summed E-state index contributed by atoms with van der Waals surface area (Å²) in [5.74, 6) is 0.295. The lowest BCUT2D eigenvalue weighted by atomic mass is 9.99. The quantitative estimate of drug-likeness (QED) is 0.741. The van der Waals surface area contributed by atoms with Crippen LogP contribution in [0, 0.1) is 5.92 Å². The minimum Gasteiger partial charge on any atom is -0.372 e. The van der Waals surface area contributed by atoms with E-state index in [1.807, 2.05) is 0 Å². The van der Waals surface area contributed by atoms with E-state index in [9.17, 15) is 13.2 Å². The van der Waals surface area contributed by atoms with E-state index in [1.54, 1.807) is 0 Å².